The first kappa shape index (κ1) is 54.0. The number of nitrogens with two attached hydrogens (primary N) is 1. The topological polar surface area (TPSA) is 134 Å². The molecule has 10 heteroatoms. The molecule has 0 amide bonds. The average molecular weight is 804 g/mol. The highest BCUT2D eigenvalue weighted by Gasteiger charge is 2.26. The smallest absolute Gasteiger partial charge is 0.462 e. The molecule has 0 fully saturated rings. The van der Waals surface area contributed by atoms with E-state index in [0.717, 1.165) is 44.9 Å². The lowest BCUT2D eigenvalue weighted by molar-refractivity contribution is -0.161. The predicted molar refractivity (Wildman–Crippen MR) is 229 cm³/mol. The van der Waals surface area contributed by atoms with Crippen LogP contribution in [0.3, 0.4) is 0 Å². The molecule has 9 nitrogen and oxygen atoms in total. The molecular weight excluding hydrogens is 713 g/mol. The third-order valence-corrected chi connectivity index (χ3v) is 11.5. The lowest BCUT2D eigenvalue weighted by Gasteiger charge is -2.19. The van der Waals surface area contributed by atoms with Gasteiger partial charge in [0.05, 0.1) is 13.2 Å². The molecule has 0 aliphatic heterocycles. The van der Waals surface area contributed by atoms with Gasteiger partial charge in [0.1, 0.15) is 6.61 Å². The first-order valence-corrected chi connectivity index (χ1v) is 25.0. The maximum absolute atomic E-state index is 12.5. The van der Waals surface area contributed by atoms with Crippen molar-refractivity contribution >= 4 is 19.8 Å². The van der Waals surface area contributed by atoms with Gasteiger partial charge in [0.25, 0.3) is 0 Å². The van der Waals surface area contributed by atoms with Crippen molar-refractivity contribution in [3.8, 4) is 0 Å². The van der Waals surface area contributed by atoms with Crippen LogP contribution in [0, 0.1) is 0 Å². The summed E-state index contributed by atoms with van der Waals surface area (Å²) in [6, 6.07) is 0. The molecular formula is C45H90NO8P. The molecule has 0 aromatic heterocycles. The van der Waals surface area contributed by atoms with Crippen LogP contribution in [0.1, 0.15) is 245 Å². The van der Waals surface area contributed by atoms with Crippen molar-refractivity contribution in [2.24, 2.45) is 5.73 Å². The van der Waals surface area contributed by atoms with Gasteiger partial charge in [0.2, 0.25) is 0 Å². The number of hydrogen-bond donors (Lipinski definition) is 2. The number of carbonyl (C=O) groups is 2. The van der Waals surface area contributed by atoms with Gasteiger partial charge in [-0.05, 0) is 12.8 Å². The van der Waals surface area contributed by atoms with Crippen LogP contribution in [0.5, 0.6) is 0 Å². The number of unbranched alkanes of at least 4 members (excludes halogenated alkanes) is 32. The number of ether oxygens (including phenoxy) is 2. The third-order valence-electron chi connectivity index (χ3n) is 10.5. The Bertz CT molecular complexity index is 876. The van der Waals surface area contributed by atoms with E-state index < -0.39 is 26.5 Å². The average Bonchev–Trinajstić information content (AvgIpc) is 3.17. The maximum Gasteiger partial charge on any atom is 0.472 e. The zero-order chi connectivity index (χ0) is 40.3. The highest BCUT2D eigenvalue weighted by atomic mass is 31.2. The number of phosphoric acid groups is 1. The highest BCUT2D eigenvalue weighted by Crippen LogP contribution is 2.43. The van der Waals surface area contributed by atoms with Crippen LogP contribution in [0.15, 0.2) is 0 Å². The fourth-order valence-corrected chi connectivity index (χ4v) is 7.76. The van der Waals surface area contributed by atoms with Crippen molar-refractivity contribution in [2.75, 3.05) is 26.4 Å². The lowest BCUT2D eigenvalue weighted by Crippen LogP contribution is -2.29. The Morgan fingerprint density at radius 3 is 1.11 bits per heavy atom. The Morgan fingerprint density at radius 2 is 0.782 bits per heavy atom. The molecule has 0 saturated heterocycles. The minimum atomic E-state index is -4.36. The molecule has 0 aromatic carbocycles. The molecule has 0 heterocycles. The number of esters is 2. The van der Waals surface area contributed by atoms with Crippen molar-refractivity contribution in [3.05, 3.63) is 0 Å². The molecule has 0 bridgehead atoms. The summed E-state index contributed by atoms with van der Waals surface area (Å²) in [7, 11) is -4.36. The molecule has 0 aliphatic rings. The number of phosphoric ester groups is 1. The summed E-state index contributed by atoms with van der Waals surface area (Å²) in [5.74, 6) is -0.829. The number of rotatable bonds is 45. The summed E-state index contributed by atoms with van der Waals surface area (Å²) in [5.41, 5.74) is 5.33. The van der Waals surface area contributed by atoms with E-state index >= 15 is 0 Å². The van der Waals surface area contributed by atoms with Crippen molar-refractivity contribution in [1.29, 1.82) is 0 Å². The fourth-order valence-electron chi connectivity index (χ4n) is 6.99. The summed E-state index contributed by atoms with van der Waals surface area (Å²) in [6.07, 6.45) is 43.6. The predicted octanol–water partition coefficient (Wildman–Crippen LogP) is 13.6. The molecule has 0 rings (SSSR count). The molecule has 328 valence electrons. The van der Waals surface area contributed by atoms with Gasteiger partial charge in [-0.2, -0.15) is 0 Å². The van der Waals surface area contributed by atoms with Gasteiger partial charge < -0.3 is 20.1 Å². The molecule has 0 radical (unpaired) electrons. The molecule has 0 spiro atoms. The van der Waals surface area contributed by atoms with E-state index in [0.29, 0.717) is 6.42 Å². The Kier molecular flexibility index (Phi) is 41.8. The van der Waals surface area contributed by atoms with Crippen LogP contribution in [0.2, 0.25) is 0 Å². The summed E-state index contributed by atoms with van der Waals surface area (Å²) in [5, 5.41) is 0. The summed E-state index contributed by atoms with van der Waals surface area (Å²) >= 11 is 0. The summed E-state index contributed by atoms with van der Waals surface area (Å²) in [4.78, 5) is 34.5. The molecule has 2 atom stereocenters. The second kappa shape index (κ2) is 42.6. The van der Waals surface area contributed by atoms with E-state index in [1.807, 2.05) is 0 Å². The minimum Gasteiger partial charge on any atom is -0.462 e. The normalized spacial score (nSPS) is 13.2. The maximum atomic E-state index is 12.5. The van der Waals surface area contributed by atoms with E-state index in [9.17, 15) is 19.0 Å². The Morgan fingerprint density at radius 1 is 0.473 bits per heavy atom. The van der Waals surface area contributed by atoms with Crippen LogP contribution < -0.4 is 5.73 Å². The standard InChI is InChI=1S/C45H90NO8P/c1-3-5-7-9-10-11-12-13-14-15-16-17-18-19-20-21-22-23-24-25-26-27-28-29-30-31-32-34-36-38-45(48)54-43(42-53-55(49,50)52-40-39-46)41-51-44(47)37-35-33-8-6-4-2/h43H,3-42,46H2,1-2H3,(H,49,50). The summed E-state index contributed by atoms with van der Waals surface area (Å²) < 4.78 is 32.5. The molecule has 2 unspecified atom stereocenters. The van der Waals surface area contributed by atoms with E-state index in [-0.39, 0.29) is 38.6 Å². The molecule has 0 aromatic rings. The second-order valence-corrected chi connectivity index (χ2v) is 17.4. The largest absolute Gasteiger partial charge is 0.472 e. The molecule has 55 heavy (non-hydrogen) atoms. The van der Waals surface area contributed by atoms with E-state index in [4.69, 9.17) is 24.3 Å². The lowest BCUT2D eigenvalue weighted by atomic mass is 10.0. The van der Waals surface area contributed by atoms with Gasteiger partial charge >= 0.3 is 19.8 Å². The van der Waals surface area contributed by atoms with E-state index in [1.165, 1.54) is 167 Å². The van der Waals surface area contributed by atoms with Crippen LogP contribution >= 0.6 is 7.82 Å². The van der Waals surface area contributed by atoms with Crippen LogP contribution in [0.4, 0.5) is 0 Å². The van der Waals surface area contributed by atoms with Gasteiger partial charge in [-0.1, -0.05) is 219 Å². The Balaban J connectivity index is 3.72. The third kappa shape index (κ3) is 42.4. The monoisotopic (exact) mass is 804 g/mol. The number of carbonyl (C=O) groups excluding carboxylic acids is 2. The van der Waals surface area contributed by atoms with Crippen LogP contribution in [0.25, 0.3) is 0 Å². The zero-order valence-electron chi connectivity index (χ0n) is 36.2. The highest BCUT2D eigenvalue weighted by molar-refractivity contribution is 7.47. The number of hydrogen-bond acceptors (Lipinski definition) is 8. The summed E-state index contributed by atoms with van der Waals surface area (Å²) in [6.45, 7) is 3.67. The van der Waals surface area contributed by atoms with Crippen LogP contribution in [-0.2, 0) is 32.7 Å². The van der Waals surface area contributed by atoms with Crippen molar-refractivity contribution in [2.45, 2.75) is 251 Å². The SMILES string of the molecule is CCCCCCCCCCCCCCCCCCCCCCCCCCCCCCCC(=O)OC(COC(=O)CCCCCCC)COP(=O)(O)OCCN. The zero-order valence-corrected chi connectivity index (χ0v) is 37.1. The van der Waals surface area contributed by atoms with Crippen molar-refractivity contribution in [1.82, 2.24) is 0 Å². The van der Waals surface area contributed by atoms with Gasteiger partial charge in [-0.25, -0.2) is 4.57 Å². The van der Waals surface area contributed by atoms with Gasteiger partial charge in [0.15, 0.2) is 6.10 Å². The molecule has 0 saturated carbocycles. The molecule has 0 aliphatic carbocycles. The first-order valence-electron chi connectivity index (χ1n) is 23.5. The van der Waals surface area contributed by atoms with E-state index in [1.54, 1.807) is 0 Å². The molecule has 3 N–H and O–H groups in total. The minimum absolute atomic E-state index is 0.0574. The van der Waals surface area contributed by atoms with Crippen LogP contribution in [-0.4, -0.2) is 49.3 Å². The van der Waals surface area contributed by atoms with Gasteiger partial charge in [-0.15, -0.1) is 0 Å². The van der Waals surface area contributed by atoms with Crippen molar-refractivity contribution < 1.29 is 37.6 Å². The quantitative estimate of drug-likeness (QED) is 0.0350. The van der Waals surface area contributed by atoms with Gasteiger partial charge in [0, 0.05) is 19.4 Å². The van der Waals surface area contributed by atoms with Crippen molar-refractivity contribution in [3.63, 3.8) is 0 Å². The van der Waals surface area contributed by atoms with E-state index in [2.05, 4.69) is 13.8 Å². The van der Waals surface area contributed by atoms with Gasteiger partial charge in [-0.3, -0.25) is 18.6 Å². The second-order valence-electron chi connectivity index (χ2n) is 16.0. The first-order chi connectivity index (χ1) is 26.8. The fraction of sp³-hybridized carbons (Fsp3) is 0.956. The Labute approximate surface area is 339 Å². The Hall–Kier alpha value is -0.990.